The summed E-state index contributed by atoms with van der Waals surface area (Å²) in [5.74, 6) is -0.569. The first-order chi connectivity index (χ1) is 9.08. The Morgan fingerprint density at radius 2 is 2.21 bits per heavy atom. The molecule has 0 bridgehead atoms. The van der Waals surface area contributed by atoms with Crippen LogP contribution >= 0.6 is 0 Å². The summed E-state index contributed by atoms with van der Waals surface area (Å²) in [6, 6.07) is 4.33. The molecule has 7 nitrogen and oxygen atoms in total. The van der Waals surface area contributed by atoms with Crippen LogP contribution in [-0.2, 0) is 11.3 Å². The lowest BCUT2D eigenvalue weighted by molar-refractivity contribution is -0.384. The number of carbonyl (C=O) groups is 1. The first-order valence-corrected chi connectivity index (χ1v) is 5.90. The van der Waals surface area contributed by atoms with E-state index >= 15 is 0 Å². The van der Waals surface area contributed by atoms with Gasteiger partial charge in [0.2, 0.25) is 0 Å². The summed E-state index contributed by atoms with van der Waals surface area (Å²) < 4.78 is 6.53. The van der Waals surface area contributed by atoms with Crippen molar-refractivity contribution in [1.29, 1.82) is 0 Å². The zero-order valence-electron chi connectivity index (χ0n) is 10.6. The Hall–Kier alpha value is -2.44. The second kappa shape index (κ2) is 5.05. The van der Waals surface area contributed by atoms with Gasteiger partial charge in [-0.3, -0.25) is 14.8 Å². The maximum absolute atomic E-state index is 11.8. The number of nitro benzene ring substituents is 1. The van der Waals surface area contributed by atoms with Crippen LogP contribution in [0.5, 0.6) is 0 Å². The minimum Gasteiger partial charge on any atom is -0.461 e. The molecule has 7 heteroatoms. The van der Waals surface area contributed by atoms with Crippen LogP contribution in [0.4, 0.5) is 5.69 Å². The molecule has 1 heterocycles. The first-order valence-electron chi connectivity index (χ1n) is 5.90. The fourth-order valence-corrected chi connectivity index (χ4v) is 1.87. The number of rotatable bonds is 4. The number of non-ortho nitro benzene ring substituents is 1. The molecule has 0 aliphatic rings. The Balaban J connectivity index is 2.65. The number of hydrogen-bond donors (Lipinski definition) is 0. The van der Waals surface area contributed by atoms with Gasteiger partial charge in [-0.1, -0.05) is 0 Å². The third-order valence-electron chi connectivity index (χ3n) is 2.71. The van der Waals surface area contributed by atoms with Gasteiger partial charge in [-0.15, -0.1) is 0 Å². The molecule has 0 amide bonds. The molecule has 1 aromatic heterocycles. The standard InChI is InChI=1S/C12H13N3O4/c1-3-14-10-6-5-8(15(17)18)7-9(10)11(13-14)12(16)19-4-2/h5-7H,3-4H2,1-2H3. The molecule has 0 spiro atoms. The number of ether oxygens (including phenoxy) is 1. The third-order valence-corrected chi connectivity index (χ3v) is 2.71. The van der Waals surface area contributed by atoms with E-state index < -0.39 is 10.9 Å². The number of fused-ring (bicyclic) bond motifs is 1. The number of esters is 1. The molecule has 0 unspecified atom stereocenters. The van der Waals surface area contributed by atoms with Crippen LogP contribution in [0.1, 0.15) is 24.3 Å². The maximum atomic E-state index is 11.8. The van der Waals surface area contributed by atoms with Crippen molar-refractivity contribution in [3.8, 4) is 0 Å². The second-order valence-corrected chi connectivity index (χ2v) is 3.84. The molecule has 2 rings (SSSR count). The van der Waals surface area contributed by atoms with Gasteiger partial charge in [-0.25, -0.2) is 4.79 Å². The summed E-state index contributed by atoms with van der Waals surface area (Å²) in [5.41, 5.74) is 0.715. The highest BCUT2D eigenvalue weighted by Gasteiger charge is 2.20. The molecule has 100 valence electrons. The van der Waals surface area contributed by atoms with Crippen LogP contribution in [0.25, 0.3) is 10.9 Å². The van der Waals surface area contributed by atoms with E-state index in [2.05, 4.69) is 5.10 Å². The molecule has 0 radical (unpaired) electrons. The topological polar surface area (TPSA) is 87.3 Å². The van der Waals surface area contributed by atoms with E-state index in [0.717, 1.165) is 0 Å². The van der Waals surface area contributed by atoms with Crippen molar-refractivity contribution < 1.29 is 14.5 Å². The summed E-state index contributed by atoms with van der Waals surface area (Å²) in [4.78, 5) is 22.1. The van der Waals surface area contributed by atoms with Crippen LogP contribution in [0.3, 0.4) is 0 Å². The van der Waals surface area contributed by atoms with Gasteiger partial charge in [0.25, 0.3) is 5.69 Å². The number of carbonyl (C=O) groups excluding carboxylic acids is 1. The number of nitro groups is 1. The molecule has 1 aromatic carbocycles. The first kappa shape index (κ1) is 13.0. The van der Waals surface area contributed by atoms with Crippen molar-refractivity contribution in [2.75, 3.05) is 6.61 Å². The zero-order chi connectivity index (χ0) is 14.0. The second-order valence-electron chi connectivity index (χ2n) is 3.84. The Morgan fingerprint density at radius 1 is 1.47 bits per heavy atom. The van der Waals surface area contributed by atoms with Gasteiger partial charge in [0, 0.05) is 24.1 Å². The van der Waals surface area contributed by atoms with Gasteiger partial charge in [0.05, 0.1) is 17.0 Å². The molecule has 2 aromatic rings. The molecule has 0 aliphatic carbocycles. The molecule has 0 N–H and O–H groups in total. The van der Waals surface area contributed by atoms with Gasteiger partial charge in [0.1, 0.15) is 0 Å². The van der Waals surface area contributed by atoms with Crippen molar-refractivity contribution in [2.45, 2.75) is 20.4 Å². The molecule has 0 atom stereocenters. The number of nitrogens with zero attached hydrogens (tertiary/aromatic N) is 3. The molecular formula is C12H13N3O4. The average Bonchev–Trinajstić information content (AvgIpc) is 2.76. The van der Waals surface area contributed by atoms with Crippen molar-refractivity contribution >= 4 is 22.6 Å². The normalized spacial score (nSPS) is 10.6. The lowest BCUT2D eigenvalue weighted by atomic mass is 10.2. The van der Waals surface area contributed by atoms with Crippen LogP contribution in [-0.4, -0.2) is 27.3 Å². The zero-order valence-corrected chi connectivity index (χ0v) is 10.6. The largest absolute Gasteiger partial charge is 0.461 e. The molecule has 0 aliphatic heterocycles. The molecular weight excluding hydrogens is 250 g/mol. The molecule has 0 saturated heterocycles. The Labute approximate surface area is 108 Å². The number of aryl methyl sites for hydroxylation is 1. The predicted molar refractivity (Wildman–Crippen MR) is 68.0 cm³/mol. The fraction of sp³-hybridized carbons (Fsp3) is 0.333. The van der Waals surface area contributed by atoms with Gasteiger partial charge in [-0.2, -0.15) is 5.10 Å². The summed E-state index contributed by atoms with van der Waals surface area (Å²) >= 11 is 0. The average molecular weight is 263 g/mol. The van der Waals surface area contributed by atoms with E-state index in [1.54, 1.807) is 17.7 Å². The molecule has 0 fully saturated rings. The van der Waals surface area contributed by atoms with Crippen LogP contribution in [0, 0.1) is 10.1 Å². The van der Waals surface area contributed by atoms with Crippen LogP contribution in [0.15, 0.2) is 18.2 Å². The lowest BCUT2D eigenvalue weighted by Gasteiger charge is -1.97. The van der Waals surface area contributed by atoms with Crippen LogP contribution in [0.2, 0.25) is 0 Å². The SMILES string of the molecule is CCOC(=O)c1nn(CC)c2ccc([N+](=O)[O-])cc12. The van der Waals surface area contributed by atoms with Crippen molar-refractivity contribution in [3.05, 3.63) is 34.0 Å². The van der Waals surface area contributed by atoms with E-state index in [1.165, 1.54) is 12.1 Å². The van der Waals surface area contributed by atoms with Crippen molar-refractivity contribution in [2.24, 2.45) is 0 Å². The minimum atomic E-state index is -0.569. The highest BCUT2D eigenvalue weighted by Crippen LogP contribution is 2.24. The van der Waals surface area contributed by atoms with Gasteiger partial charge in [-0.05, 0) is 19.9 Å². The van der Waals surface area contributed by atoms with E-state index in [-0.39, 0.29) is 18.0 Å². The van der Waals surface area contributed by atoms with Gasteiger partial charge < -0.3 is 4.74 Å². The van der Waals surface area contributed by atoms with Crippen molar-refractivity contribution in [3.63, 3.8) is 0 Å². The van der Waals surface area contributed by atoms with Crippen LogP contribution < -0.4 is 0 Å². The quantitative estimate of drug-likeness (QED) is 0.479. The molecule has 19 heavy (non-hydrogen) atoms. The lowest BCUT2D eigenvalue weighted by Crippen LogP contribution is -2.07. The predicted octanol–water partition coefficient (Wildman–Crippen LogP) is 2.14. The van der Waals surface area contributed by atoms with E-state index in [0.29, 0.717) is 17.4 Å². The summed E-state index contributed by atoms with van der Waals surface area (Å²) in [6.45, 7) is 4.37. The minimum absolute atomic E-state index is 0.0753. The third kappa shape index (κ3) is 2.26. The summed E-state index contributed by atoms with van der Waals surface area (Å²) in [5, 5.41) is 15.4. The Morgan fingerprint density at radius 3 is 2.79 bits per heavy atom. The monoisotopic (exact) mass is 263 g/mol. The van der Waals surface area contributed by atoms with Gasteiger partial charge >= 0.3 is 5.97 Å². The Bertz CT molecular complexity index is 648. The summed E-state index contributed by atoms with van der Waals surface area (Å²) in [7, 11) is 0. The fourth-order valence-electron chi connectivity index (χ4n) is 1.87. The number of aromatic nitrogens is 2. The van der Waals surface area contributed by atoms with E-state index in [9.17, 15) is 14.9 Å². The van der Waals surface area contributed by atoms with Gasteiger partial charge in [0.15, 0.2) is 5.69 Å². The smallest absolute Gasteiger partial charge is 0.359 e. The number of benzene rings is 1. The van der Waals surface area contributed by atoms with Crippen molar-refractivity contribution in [1.82, 2.24) is 9.78 Å². The molecule has 0 saturated carbocycles. The summed E-state index contributed by atoms with van der Waals surface area (Å²) in [6.07, 6.45) is 0. The Kier molecular flexibility index (Phi) is 3.46. The maximum Gasteiger partial charge on any atom is 0.359 e. The van der Waals surface area contributed by atoms with E-state index in [1.807, 2.05) is 6.92 Å². The highest BCUT2D eigenvalue weighted by atomic mass is 16.6. The number of hydrogen-bond acceptors (Lipinski definition) is 5. The highest BCUT2D eigenvalue weighted by molar-refractivity contribution is 6.02. The van der Waals surface area contributed by atoms with E-state index in [4.69, 9.17) is 4.74 Å².